The van der Waals surface area contributed by atoms with Crippen molar-refractivity contribution in [2.75, 3.05) is 0 Å². The van der Waals surface area contributed by atoms with Crippen molar-refractivity contribution in [3.63, 3.8) is 0 Å². The number of fused-ring (bicyclic) bond motifs is 1. The van der Waals surface area contributed by atoms with Gasteiger partial charge in [-0.25, -0.2) is 13.6 Å². The van der Waals surface area contributed by atoms with Gasteiger partial charge in [-0.05, 0) is 24.3 Å². The zero-order valence-corrected chi connectivity index (χ0v) is 12.1. The molecule has 1 aromatic carbocycles. The van der Waals surface area contributed by atoms with Crippen LogP contribution in [0.1, 0.15) is 21.9 Å². The van der Waals surface area contributed by atoms with E-state index in [0.717, 1.165) is 6.07 Å². The molecule has 0 atom stereocenters. The molecule has 0 fully saturated rings. The molecule has 8 heteroatoms. The highest BCUT2D eigenvalue weighted by Crippen LogP contribution is 2.35. The van der Waals surface area contributed by atoms with Crippen LogP contribution in [-0.4, -0.2) is 16.2 Å². The van der Waals surface area contributed by atoms with Gasteiger partial charge in [-0.3, -0.25) is 4.79 Å². The third-order valence-corrected chi connectivity index (χ3v) is 4.26. The molecular weight excluding hydrogens is 330 g/mol. The van der Waals surface area contributed by atoms with E-state index in [1.54, 1.807) is 0 Å². The second kappa shape index (κ2) is 5.47. The normalized spacial score (nSPS) is 11.3. The van der Waals surface area contributed by atoms with E-state index in [1.165, 1.54) is 24.3 Å². The maximum absolute atomic E-state index is 13.3. The lowest BCUT2D eigenvalue weighted by atomic mass is 10.1. The van der Waals surface area contributed by atoms with Crippen LogP contribution in [0.3, 0.4) is 0 Å². The molecule has 0 aliphatic carbocycles. The Labute approximate surface area is 131 Å². The number of hydrogen-bond acceptors (Lipinski definition) is 5. The van der Waals surface area contributed by atoms with E-state index in [-0.39, 0.29) is 32.0 Å². The molecule has 2 aromatic heterocycles. The summed E-state index contributed by atoms with van der Waals surface area (Å²) in [5.41, 5.74) is -1.24. The molecule has 23 heavy (non-hydrogen) atoms. The topological polar surface area (TPSA) is 87.7 Å². The van der Waals surface area contributed by atoms with E-state index in [2.05, 4.69) is 0 Å². The minimum absolute atomic E-state index is 0.0208. The molecule has 0 spiro atoms. The quantitative estimate of drug-likeness (QED) is 0.757. The fourth-order valence-electron chi connectivity index (χ4n) is 2.17. The fraction of sp³-hybridized carbons (Fsp3) is 0.0667. The van der Waals surface area contributed by atoms with E-state index < -0.39 is 23.6 Å². The van der Waals surface area contributed by atoms with Crippen molar-refractivity contribution in [2.24, 2.45) is 0 Å². The summed E-state index contributed by atoms with van der Waals surface area (Å²) in [5.74, 6) is -2.29. The molecule has 2 N–H and O–H groups in total. The Kier molecular flexibility index (Phi) is 3.61. The number of aromatic carboxylic acids is 1. The molecule has 0 saturated heterocycles. The molecule has 0 bridgehead atoms. The number of aromatic hydroxyl groups is 1. The largest absolute Gasteiger partial charge is 0.508 e. The first-order chi connectivity index (χ1) is 10.9. The number of carboxylic acids is 1. The van der Waals surface area contributed by atoms with Crippen LogP contribution < -0.4 is 5.43 Å². The van der Waals surface area contributed by atoms with Crippen LogP contribution in [-0.2, 0) is 0 Å². The van der Waals surface area contributed by atoms with Crippen LogP contribution in [0.4, 0.5) is 8.78 Å². The number of rotatable bonds is 3. The Hall–Kier alpha value is -2.74. The van der Waals surface area contributed by atoms with Gasteiger partial charge in [0.2, 0.25) is 5.43 Å². The predicted molar refractivity (Wildman–Crippen MR) is 79.4 cm³/mol. The number of alkyl halides is 2. The number of hydrogen-bond donors (Lipinski definition) is 2. The smallest absolute Gasteiger partial charge is 0.345 e. The third kappa shape index (κ3) is 2.57. The van der Waals surface area contributed by atoms with Crippen LogP contribution >= 0.6 is 11.3 Å². The summed E-state index contributed by atoms with van der Waals surface area (Å²) >= 11 is 0.709. The molecule has 3 rings (SSSR count). The summed E-state index contributed by atoms with van der Waals surface area (Å²) in [4.78, 5) is 23.5. The van der Waals surface area contributed by atoms with Crippen LogP contribution in [0.5, 0.6) is 5.75 Å². The van der Waals surface area contributed by atoms with Gasteiger partial charge in [0.25, 0.3) is 6.43 Å². The number of carboxylic acid groups (broad SMARTS) is 1. The Morgan fingerprint density at radius 3 is 2.57 bits per heavy atom. The molecule has 0 aliphatic rings. The van der Waals surface area contributed by atoms with Crippen LogP contribution in [0.2, 0.25) is 0 Å². The lowest BCUT2D eigenvalue weighted by Gasteiger charge is -2.08. The molecule has 5 nitrogen and oxygen atoms in total. The number of benzene rings is 1. The van der Waals surface area contributed by atoms with Crippen molar-refractivity contribution in [3.05, 3.63) is 51.2 Å². The second-order valence-corrected chi connectivity index (χ2v) is 5.70. The van der Waals surface area contributed by atoms with Crippen LogP contribution in [0.15, 0.2) is 39.5 Å². The van der Waals surface area contributed by atoms with Crippen molar-refractivity contribution in [2.45, 2.75) is 6.43 Å². The zero-order chi connectivity index (χ0) is 16.7. The molecule has 0 aliphatic heterocycles. The van der Waals surface area contributed by atoms with Gasteiger partial charge in [0, 0.05) is 10.9 Å². The summed E-state index contributed by atoms with van der Waals surface area (Å²) in [6.07, 6.45) is -3.07. The van der Waals surface area contributed by atoms with Gasteiger partial charge in [0.15, 0.2) is 5.76 Å². The first-order valence-corrected chi connectivity index (χ1v) is 7.11. The van der Waals surface area contributed by atoms with Crippen molar-refractivity contribution in [1.29, 1.82) is 0 Å². The lowest BCUT2D eigenvalue weighted by Crippen LogP contribution is -2.08. The Morgan fingerprint density at radius 1 is 1.22 bits per heavy atom. The van der Waals surface area contributed by atoms with Crippen molar-refractivity contribution < 1.29 is 28.2 Å². The molecule has 0 amide bonds. The summed E-state index contributed by atoms with van der Waals surface area (Å²) in [6, 6.07) is 6.10. The van der Waals surface area contributed by atoms with Gasteiger partial charge < -0.3 is 14.6 Å². The van der Waals surface area contributed by atoms with Gasteiger partial charge in [0.1, 0.15) is 16.2 Å². The number of phenols is 1. The fourth-order valence-corrected chi connectivity index (χ4v) is 3.07. The molecule has 0 unspecified atom stereocenters. The summed E-state index contributed by atoms with van der Waals surface area (Å²) in [5, 5.41) is 18.3. The third-order valence-electron chi connectivity index (χ3n) is 3.16. The SMILES string of the molecule is O=C(O)c1ccc(-c2c(C(F)F)oc3cc(O)ccc3c2=O)s1. The Balaban J connectivity index is 2.35. The summed E-state index contributed by atoms with van der Waals surface area (Å²) in [7, 11) is 0. The van der Waals surface area contributed by atoms with E-state index in [9.17, 15) is 23.5 Å². The highest BCUT2D eigenvalue weighted by atomic mass is 32.1. The average Bonchev–Trinajstić information content (AvgIpc) is 2.96. The molecule has 118 valence electrons. The maximum atomic E-state index is 13.3. The monoisotopic (exact) mass is 338 g/mol. The Bertz CT molecular complexity index is 974. The van der Waals surface area contributed by atoms with Gasteiger partial charge in [-0.15, -0.1) is 11.3 Å². The van der Waals surface area contributed by atoms with Gasteiger partial charge >= 0.3 is 5.97 Å². The van der Waals surface area contributed by atoms with Crippen molar-refractivity contribution in [3.8, 4) is 16.2 Å². The van der Waals surface area contributed by atoms with Crippen LogP contribution in [0, 0.1) is 0 Å². The standard InChI is InChI=1S/C15H8F2O5S/c16-14(17)13-11(9-3-4-10(23-9)15(20)21)12(19)7-2-1-6(18)5-8(7)22-13/h1-5,14,18H,(H,20,21). The number of carbonyl (C=O) groups is 1. The van der Waals surface area contributed by atoms with E-state index in [0.29, 0.717) is 11.3 Å². The van der Waals surface area contributed by atoms with Crippen LogP contribution in [0.25, 0.3) is 21.4 Å². The summed E-state index contributed by atoms with van der Waals surface area (Å²) < 4.78 is 31.6. The molecule has 0 saturated carbocycles. The summed E-state index contributed by atoms with van der Waals surface area (Å²) in [6.45, 7) is 0. The van der Waals surface area contributed by atoms with Crippen molar-refractivity contribution >= 4 is 28.3 Å². The molecule has 0 radical (unpaired) electrons. The zero-order valence-electron chi connectivity index (χ0n) is 11.2. The molecular formula is C15H8F2O5S. The first kappa shape index (κ1) is 15.2. The minimum Gasteiger partial charge on any atom is -0.508 e. The lowest BCUT2D eigenvalue weighted by molar-refractivity contribution is 0.0702. The molecule has 2 heterocycles. The van der Waals surface area contributed by atoms with Gasteiger partial charge in [-0.2, -0.15) is 0 Å². The minimum atomic E-state index is -3.07. The first-order valence-electron chi connectivity index (χ1n) is 6.30. The number of phenolic OH excluding ortho intramolecular Hbond substituents is 1. The number of halogens is 2. The van der Waals surface area contributed by atoms with E-state index >= 15 is 0 Å². The predicted octanol–water partition coefficient (Wildman–Crippen LogP) is 3.86. The molecule has 3 aromatic rings. The maximum Gasteiger partial charge on any atom is 0.345 e. The number of thiophene rings is 1. The second-order valence-electron chi connectivity index (χ2n) is 4.62. The van der Waals surface area contributed by atoms with E-state index in [4.69, 9.17) is 9.52 Å². The Morgan fingerprint density at radius 2 is 1.96 bits per heavy atom. The highest BCUT2D eigenvalue weighted by molar-refractivity contribution is 7.17. The average molecular weight is 338 g/mol. The van der Waals surface area contributed by atoms with E-state index in [1.807, 2.05) is 0 Å². The van der Waals surface area contributed by atoms with Crippen molar-refractivity contribution in [1.82, 2.24) is 0 Å². The van der Waals surface area contributed by atoms with Gasteiger partial charge in [0.05, 0.1) is 10.9 Å². The van der Waals surface area contributed by atoms with Gasteiger partial charge in [-0.1, -0.05) is 0 Å². The highest BCUT2D eigenvalue weighted by Gasteiger charge is 2.24.